The quantitative estimate of drug-likeness (QED) is 0.777. The standard InChI is InChI=1S/C20H24ClN3OS/c1-15(26-19-9-3-16(21)4-10-19)20(25)22-17-5-7-18(8-6-17)24-13-11-23(2)12-14-24/h3-10,15H,11-14H2,1-2H3,(H,22,25)/t15-/m0/s1. The van der Waals surface area contributed by atoms with Crippen LogP contribution in [0.3, 0.4) is 0 Å². The third kappa shape index (κ3) is 5.16. The molecule has 1 fully saturated rings. The second kappa shape index (κ2) is 8.80. The highest BCUT2D eigenvalue weighted by Gasteiger charge is 2.16. The highest BCUT2D eigenvalue weighted by Crippen LogP contribution is 2.26. The number of piperazine rings is 1. The largest absolute Gasteiger partial charge is 0.369 e. The Kier molecular flexibility index (Phi) is 6.46. The summed E-state index contributed by atoms with van der Waals surface area (Å²) in [6.45, 7) is 6.15. The lowest BCUT2D eigenvalue weighted by Crippen LogP contribution is -2.44. The minimum absolute atomic E-state index is 0.00250. The molecule has 0 aliphatic carbocycles. The lowest BCUT2D eigenvalue weighted by molar-refractivity contribution is -0.115. The fourth-order valence-corrected chi connectivity index (χ4v) is 3.83. The number of nitrogens with zero attached hydrogens (tertiary/aromatic N) is 2. The first kappa shape index (κ1) is 19.1. The van der Waals surface area contributed by atoms with Gasteiger partial charge in [-0.1, -0.05) is 11.6 Å². The van der Waals surface area contributed by atoms with E-state index < -0.39 is 0 Å². The second-order valence-electron chi connectivity index (χ2n) is 6.54. The van der Waals surface area contributed by atoms with Gasteiger partial charge in [-0.15, -0.1) is 11.8 Å². The van der Waals surface area contributed by atoms with Gasteiger partial charge in [0.25, 0.3) is 0 Å². The summed E-state index contributed by atoms with van der Waals surface area (Å²) in [6.07, 6.45) is 0. The molecule has 0 bridgehead atoms. The third-order valence-corrected chi connectivity index (χ3v) is 5.86. The van der Waals surface area contributed by atoms with E-state index in [-0.39, 0.29) is 11.2 Å². The first-order valence-electron chi connectivity index (χ1n) is 8.78. The molecule has 0 unspecified atom stereocenters. The topological polar surface area (TPSA) is 35.6 Å². The smallest absolute Gasteiger partial charge is 0.237 e. The highest BCUT2D eigenvalue weighted by molar-refractivity contribution is 8.00. The van der Waals surface area contributed by atoms with Crippen molar-refractivity contribution in [2.45, 2.75) is 17.1 Å². The summed E-state index contributed by atoms with van der Waals surface area (Å²) < 4.78 is 0. The van der Waals surface area contributed by atoms with Crippen LogP contribution < -0.4 is 10.2 Å². The Balaban J connectivity index is 1.54. The van der Waals surface area contributed by atoms with Crippen LogP contribution in [0.5, 0.6) is 0 Å². The lowest BCUT2D eigenvalue weighted by Gasteiger charge is -2.34. The molecule has 1 atom stereocenters. The normalized spacial score (nSPS) is 16.3. The number of thioether (sulfide) groups is 1. The van der Waals surface area contributed by atoms with Crippen LogP contribution in [0.4, 0.5) is 11.4 Å². The van der Waals surface area contributed by atoms with Gasteiger partial charge in [0, 0.05) is 47.5 Å². The number of likely N-dealkylation sites (N-methyl/N-ethyl adjacent to an activating group) is 1. The van der Waals surface area contributed by atoms with E-state index in [1.54, 1.807) is 0 Å². The summed E-state index contributed by atoms with van der Waals surface area (Å²) in [7, 11) is 2.15. The first-order valence-corrected chi connectivity index (χ1v) is 10.0. The maximum absolute atomic E-state index is 12.4. The number of amides is 1. The number of rotatable bonds is 5. The van der Waals surface area contributed by atoms with Crippen molar-refractivity contribution < 1.29 is 4.79 Å². The van der Waals surface area contributed by atoms with Crippen LogP contribution >= 0.6 is 23.4 Å². The van der Waals surface area contributed by atoms with Crippen molar-refractivity contribution in [1.29, 1.82) is 0 Å². The van der Waals surface area contributed by atoms with Crippen LogP contribution in [-0.4, -0.2) is 49.3 Å². The lowest BCUT2D eigenvalue weighted by atomic mass is 10.2. The van der Waals surface area contributed by atoms with Gasteiger partial charge in [0.15, 0.2) is 0 Å². The van der Waals surface area contributed by atoms with Crippen molar-refractivity contribution in [2.24, 2.45) is 0 Å². The first-order chi connectivity index (χ1) is 12.5. The summed E-state index contributed by atoms with van der Waals surface area (Å²) in [6, 6.07) is 15.7. The molecule has 0 aromatic heterocycles. The summed E-state index contributed by atoms with van der Waals surface area (Å²) in [5, 5.41) is 3.51. The van der Waals surface area contributed by atoms with Gasteiger partial charge in [0.2, 0.25) is 5.91 Å². The van der Waals surface area contributed by atoms with E-state index in [9.17, 15) is 4.79 Å². The van der Waals surface area contributed by atoms with Crippen LogP contribution in [0.25, 0.3) is 0 Å². The van der Waals surface area contributed by atoms with Crippen molar-refractivity contribution >= 4 is 40.6 Å². The fourth-order valence-electron chi connectivity index (χ4n) is 2.83. The second-order valence-corrected chi connectivity index (χ2v) is 8.39. The maximum atomic E-state index is 12.4. The van der Waals surface area contributed by atoms with Crippen LogP contribution in [0.2, 0.25) is 5.02 Å². The fraction of sp³-hybridized carbons (Fsp3) is 0.350. The number of benzene rings is 2. The van der Waals surface area contributed by atoms with Gasteiger partial charge >= 0.3 is 0 Å². The van der Waals surface area contributed by atoms with Gasteiger partial charge in [0.05, 0.1) is 5.25 Å². The Labute approximate surface area is 164 Å². The number of halogens is 1. The van der Waals surface area contributed by atoms with Gasteiger partial charge in [-0.05, 0) is 62.5 Å². The minimum atomic E-state index is -0.187. The van der Waals surface area contributed by atoms with Crippen molar-refractivity contribution in [3.8, 4) is 0 Å². The van der Waals surface area contributed by atoms with Crippen LogP contribution in [0.1, 0.15) is 6.92 Å². The Morgan fingerprint density at radius 3 is 2.27 bits per heavy atom. The molecule has 1 aliphatic heterocycles. The van der Waals surface area contributed by atoms with Crippen molar-refractivity contribution in [1.82, 2.24) is 4.90 Å². The molecule has 0 radical (unpaired) electrons. The van der Waals surface area contributed by atoms with Crippen LogP contribution in [0, 0.1) is 0 Å². The number of anilines is 2. The minimum Gasteiger partial charge on any atom is -0.369 e. The summed E-state index contributed by atoms with van der Waals surface area (Å²) in [4.78, 5) is 18.2. The zero-order chi connectivity index (χ0) is 18.5. The average molecular weight is 390 g/mol. The molecule has 0 spiro atoms. The molecule has 0 saturated carbocycles. The van der Waals surface area contributed by atoms with E-state index >= 15 is 0 Å². The Hall–Kier alpha value is -1.69. The molecule has 1 saturated heterocycles. The average Bonchev–Trinajstić information content (AvgIpc) is 2.65. The molecule has 4 nitrogen and oxygen atoms in total. The number of carbonyl (C=O) groups is 1. The van der Waals surface area contributed by atoms with Gasteiger partial charge < -0.3 is 15.1 Å². The van der Waals surface area contributed by atoms with Gasteiger partial charge in [-0.2, -0.15) is 0 Å². The molecular weight excluding hydrogens is 366 g/mol. The molecule has 1 heterocycles. The zero-order valence-electron chi connectivity index (χ0n) is 15.1. The van der Waals surface area contributed by atoms with E-state index in [1.807, 2.05) is 43.3 Å². The number of hydrogen-bond acceptors (Lipinski definition) is 4. The van der Waals surface area contributed by atoms with Gasteiger partial charge in [0.1, 0.15) is 0 Å². The predicted molar refractivity (Wildman–Crippen MR) is 112 cm³/mol. The number of carbonyl (C=O) groups excluding carboxylic acids is 1. The van der Waals surface area contributed by atoms with Crippen molar-refractivity contribution in [3.05, 3.63) is 53.6 Å². The van der Waals surface area contributed by atoms with Gasteiger partial charge in [-0.25, -0.2) is 0 Å². The van der Waals surface area contributed by atoms with E-state index in [1.165, 1.54) is 17.4 Å². The van der Waals surface area contributed by atoms with E-state index in [2.05, 4.69) is 34.3 Å². The summed E-state index contributed by atoms with van der Waals surface area (Å²) >= 11 is 7.42. The predicted octanol–water partition coefficient (Wildman–Crippen LogP) is 4.21. The monoisotopic (exact) mass is 389 g/mol. The van der Waals surface area contributed by atoms with Crippen LogP contribution in [0.15, 0.2) is 53.4 Å². The molecule has 2 aromatic carbocycles. The molecule has 26 heavy (non-hydrogen) atoms. The molecule has 3 rings (SSSR count). The Bertz CT molecular complexity index is 728. The molecule has 1 aliphatic rings. The van der Waals surface area contributed by atoms with E-state index in [0.29, 0.717) is 5.02 Å². The third-order valence-electron chi connectivity index (χ3n) is 4.50. The van der Waals surface area contributed by atoms with Crippen LogP contribution in [-0.2, 0) is 4.79 Å². The van der Waals surface area contributed by atoms with Crippen molar-refractivity contribution in [2.75, 3.05) is 43.4 Å². The van der Waals surface area contributed by atoms with E-state index in [4.69, 9.17) is 11.6 Å². The zero-order valence-corrected chi connectivity index (χ0v) is 16.7. The Morgan fingerprint density at radius 2 is 1.65 bits per heavy atom. The highest BCUT2D eigenvalue weighted by atomic mass is 35.5. The molecular formula is C20H24ClN3OS. The summed E-state index contributed by atoms with van der Waals surface area (Å²) in [5.41, 5.74) is 2.04. The summed E-state index contributed by atoms with van der Waals surface area (Å²) in [5.74, 6) is -0.00250. The Morgan fingerprint density at radius 1 is 1.04 bits per heavy atom. The molecule has 6 heteroatoms. The molecule has 2 aromatic rings. The van der Waals surface area contributed by atoms with E-state index in [0.717, 1.165) is 36.8 Å². The molecule has 1 amide bonds. The number of hydrogen-bond donors (Lipinski definition) is 1. The SMILES string of the molecule is C[C@H](Sc1ccc(Cl)cc1)C(=O)Nc1ccc(N2CCN(C)CC2)cc1. The van der Waals surface area contributed by atoms with Gasteiger partial charge in [-0.3, -0.25) is 4.79 Å². The van der Waals surface area contributed by atoms with Crippen molar-refractivity contribution in [3.63, 3.8) is 0 Å². The number of nitrogens with one attached hydrogen (secondary N) is 1. The molecule has 138 valence electrons. The maximum Gasteiger partial charge on any atom is 0.237 e. The molecule has 1 N–H and O–H groups in total.